The van der Waals surface area contributed by atoms with E-state index in [0.29, 0.717) is 0 Å². The van der Waals surface area contributed by atoms with Crippen LogP contribution in [0.2, 0.25) is 0 Å². The summed E-state index contributed by atoms with van der Waals surface area (Å²) in [7, 11) is 1.17. The van der Waals surface area contributed by atoms with Crippen molar-refractivity contribution in [3.63, 3.8) is 0 Å². The van der Waals surface area contributed by atoms with E-state index in [4.69, 9.17) is 10.8 Å². The largest absolute Gasteiger partial charge is 0.465 e. The number of nitrogens with two attached hydrogens (primary N) is 1. The summed E-state index contributed by atoms with van der Waals surface area (Å²) in [5.41, 5.74) is 5.71. The number of nitrogens with zero attached hydrogens (tertiary/aromatic N) is 2. The van der Waals surface area contributed by atoms with E-state index in [-0.39, 0.29) is 30.2 Å². The minimum absolute atomic E-state index is 0.00963. The lowest BCUT2D eigenvalue weighted by atomic mass is 10.2. The molecule has 1 heterocycles. The molecule has 0 saturated heterocycles. The highest BCUT2D eigenvalue weighted by Gasteiger charge is 2.21. The number of carbonyl (C=O) groups excluding carboxylic acids is 1. The number of pyridine rings is 1. The Labute approximate surface area is 108 Å². The van der Waals surface area contributed by atoms with Gasteiger partial charge in [-0.15, -0.1) is 0 Å². The first-order valence-corrected chi connectivity index (χ1v) is 5.47. The number of methoxy groups -OCH3 is 1. The van der Waals surface area contributed by atoms with Gasteiger partial charge in [0.2, 0.25) is 0 Å². The molecule has 0 radical (unpaired) electrons. The zero-order valence-electron chi connectivity index (χ0n) is 10.3. The van der Waals surface area contributed by atoms with Crippen molar-refractivity contribution in [2.75, 3.05) is 37.4 Å². The highest BCUT2D eigenvalue weighted by Crippen LogP contribution is 2.21. The maximum atomic E-state index is 12.5. The van der Waals surface area contributed by atoms with Gasteiger partial charge in [0.05, 0.1) is 32.1 Å². The summed E-state index contributed by atoms with van der Waals surface area (Å²) in [5.74, 6) is -0.720. The average molecular weight is 275 g/mol. The van der Waals surface area contributed by atoms with Crippen LogP contribution in [0.25, 0.3) is 0 Å². The second-order valence-electron chi connectivity index (χ2n) is 3.69. The maximum absolute atomic E-state index is 12.5. The molecule has 19 heavy (non-hydrogen) atoms. The number of rotatable bonds is 6. The number of aliphatic hydroxyl groups is 1. The van der Waals surface area contributed by atoms with Gasteiger partial charge in [-0.05, 0) is 6.07 Å². The van der Waals surface area contributed by atoms with Crippen LogP contribution in [0.3, 0.4) is 0 Å². The summed E-state index contributed by atoms with van der Waals surface area (Å²) in [6, 6.07) is 1.30. The van der Waals surface area contributed by atoms with Crippen molar-refractivity contribution < 1.29 is 23.4 Å². The standard InChI is InChI=1S/C11H15F2N3O3/c1-19-11(18)8-4-7(14)5-15-10(8)16(2-3-17)6-9(12)13/h4-5,9,17H,2-3,6,14H2,1H3. The molecule has 0 aliphatic carbocycles. The third kappa shape index (κ3) is 4.02. The van der Waals surface area contributed by atoms with Gasteiger partial charge in [0.15, 0.2) is 0 Å². The number of alkyl halides is 2. The summed E-state index contributed by atoms with van der Waals surface area (Å²) < 4.78 is 29.5. The second kappa shape index (κ2) is 6.83. The number of ether oxygens (including phenoxy) is 1. The fraction of sp³-hybridized carbons (Fsp3) is 0.455. The molecule has 6 nitrogen and oxygen atoms in total. The van der Waals surface area contributed by atoms with Gasteiger partial charge in [0, 0.05) is 6.54 Å². The van der Waals surface area contributed by atoms with Gasteiger partial charge < -0.3 is 20.5 Å². The van der Waals surface area contributed by atoms with E-state index < -0.39 is 18.9 Å². The zero-order valence-corrected chi connectivity index (χ0v) is 10.3. The van der Waals surface area contributed by atoms with Crippen LogP contribution in [0.4, 0.5) is 20.3 Å². The Morgan fingerprint density at radius 1 is 1.63 bits per heavy atom. The van der Waals surface area contributed by atoms with Crippen molar-refractivity contribution in [2.24, 2.45) is 0 Å². The molecule has 3 N–H and O–H groups in total. The van der Waals surface area contributed by atoms with Crippen molar-refractivity contribution >= 4 is 17.5 Å². The molecule has 0 spiro atoms. The molecule has 0 bridgehead atoms. The van der Waals surface area contributed by atoms with Crippen molar-refractivity contribution in [1.82, 2.24) is 4.98 Å². The molecule has 1 aromatic rings. The van der Waals surface area contributed by atoms with Gasteiger partial charge in [-0.1, -0.05) is 0 Å². The van der Waals surface area contributed by atoms with Crippen molar-refractivity contribution in [3.05, 3.63) is 17.8 Å². The number of aliphatic hydroxyl groups excluding tert-OH is 1. The van der Waals surface area contributed by atoms with E-state index >= 15 is 0 Å². The molecular weight excluding hydrogens is 260 g/mol. The van der Waals surface area contributed by atoms with Crippen molar-refractivity contribution in [1.29, 1.82) is 0 Å². The van der Waals surface area contributed by atoms with Crippen molar-refractivity contribution in [3.8, 4) is 0 Å². The first-order valence-electron chi connectivity index (χ1n) is 5.47. The zero-order chi connectivity index (χ0) is 14.4. The Bertz CT molecular complexity index is 443. The van der Waals surface area contributed by atoms with Gasteiger partial charge in [0.25, 0.3) is 6.43 Å². The number of hydrogen-bond donors (Lipinski definition) is 2. The third-order valence-corrected chi connectivity index (χ3v) is 2.32. The predicted octanol–water partition coefficient (Wildman–Crippen LogP) is 0.514. The number of carbonyl (C=O) groups is 1. The SMILES string of the molecule is COC(=O)c1cc(N)cnc1N(CCO)CC(F)F. The first-order chi connectivity index (χ1) is 8.99. The summed E-state index contributed by atoms with van der Waals surface area (Å²) in [4.78, 5) is 16.6. The molecule has 1 aromatic heterocycles. The predicted molar refractivity (Wildman–Crippen MR) is 65.3 cm³/mol. The Balaban J connectivity index is 3.17. The third-order valence-electron chi connectivity index (χ3n) is 2.32. The van der Waals surface area contributed by atoms with Gasteiger partial charge >= 0.3 is 5.97 Å². The topological polar surface area (TPSA) is 88.7 Å². The number of anilines is 2. The Morgan fingerprint density at radius 2 is 2.32 bits per heavy atom. The van der Waals surface area contributed by atoms with Gasteiger partial charge in [-0.3, -0.25) is 0 Å². The molecule has 8 heteroatoms. The monoisotopic (exact) mass is 275 g/mol. The lowest BCUT2D eigenvalue weighted by Crippen LogP contribution is -2.33. The number of hydrogen-bond acceptors (Lipinski definition) is 6. The van der Waals surface area contributed by atoms with E-state index in [1.54, 1.807) is 0 Å². The maximum Gasteiger partial charge on any atom is 0.341 e. The molecule has 0 saturated carbocycles. The second-order valence-corrected chi connectivity index (χ2v) is 3.69. The van der Waals surface area contributed by atoms with Crippen LogP contribution in [0.15, 0.2) is 12.3 Å². The van der Waals surface area contributed by atoms with Crippen molar-refractivity contribution in [2.45, 2.75) is 6.43 Å². The quantitative estimate of drug-likeness (QED) is 0.736. The molecule has 0 amide bonds. The minimum atomic E-state index is -2.63. The van der Waals surface area contributed by atoms with Crippen LogP contribution in [0.5, 0.6) is 0 Å². The average Bonchev–Trinajstić information content (AvgIpc) is 2.36. The Hall–Kier alpha value is -1.96. The summed E-state index contributed by atoms with van der Waals surface area (Å²) in [5, 5.41) is 8.90. The van der Waals surface area contributed by atoms with Crippen LogP contribution in [-0.4, -0.2) is 49.3 Å². The van der Waals surface area contributed by atoms with Crippen LogP contribution in [-0.2, 0) is 4.74 Å². The summed E-state index contributed by atoms with van der Waals surface area (Å²) >= 11 is 0. The number of esters is 1. The Morgan fingerprint density at radius 3 is 2.84 bits per heavy atom. The fourth-order valence-electron chi connectivity index (χ4n) is 1.56. The van der Waals surface area contributed by atoms with Crippen LogP contribution in [0.1, 0.15) is 10.4 Å². The van der Waals surface area contributed by atoms with Crippen LogP contribution >= 0.6 is 0 Å². The van der Waals surface area contributed by atoms with Gasteiger partial charge in [0.1, 0.15) is 11.4 Å². The van der Waals surface area contributed by atoms with Crippen LogP contribution < -0.4 is 10.6 Å². The van der Waals surface area contributed by atoms with Gasteiger partial charge in [-0.2, -0.15) is 0 Å². The van der Waals surface area contributed by atoms with E-state index in [1.807, 2.05) is 0 Å². The molecule has 106 valence electrons. The van der Waals surface area contributed by atoms with E-state index in [2.05, 4.69) is 9.72 Å². The molecule has 0 unspecified atom stereocenters. The van der Waals surface area contributed by atoms with E-state index in [1.165, 1.54) is 19.4 Å². The Kier molecular flexibility index (Phi) is 5.43. The molecule has 0 aromatic carbocycles. The summed E-state index contributed by atoms with van der Waals surface area (Å²) in [6.07, 6.45) is -1.38. The highest BCUT2D eigenvalue weighted by molar-refractivity contribution is 5.95. The van der Waals surface area contributed by atoms with Gasteiger partial charge in [-0.25, -0.2) is 18.6 Å². The lowest BCUT2D eigenvalue weighted by molar-refractivity contribution is 0.0600. The molecular formula is C11H15F2N3O3. The molecule has 0 atom stereocenters. The number of nitrogen functional groups attached to an aromatic ring is 1. The van der Waals surface area contributed by atoms with Crippen LogP contribution in [0, 0.1) is 0 Å². The molecule has 0 aliphatic heterocycles. The fourth-order valence-corrected chi connectivity index (χ4v) is 1.56. The number of aromatic nitrogens is 1. The first kappa shape index (κ1) is 15.1. The molecule has 1 rings (SSSR count). The summed E-state index contributed by atoms with van der Waals surface area (Å²) in [6.45, 7) is -1.08. The molecule has 0 aliphatic rings. The molecule has 0 fully saturated rings. The van der Waals surface area contributed by atoms with E-state index in [9.17, 15) is 13.6 Å². The van der Waals surface area contributed by atoms with E-state index in [0.717, 1.165) is 4.90 Å². The highest BCUT2D eigenvalue weighted by atomic mass is 19.3. The normalized spacial score (nSPS) is 10.6. The number of halogens is 2. The smallest absolute Gasteiger partial charge is 0.341 e. The minimum Gasteiger partial charge on any atom is -0.465 e. The lowest BCUT2D eigenvalue weighted by Gasteiger charge is -2.24.